The van der Waals surface area contributed by atoms with Crippen LogP contribution in [0, 0.1) is 0 Å². The van der Waals surface area contributed by atoms with Crippen LogP contribution in [0.3, 0.4) is 0 Å². The van der Waals surface area contributed by atoms with Crippen LogP contribution >= 0.6 is 0 Å². The Bertz CT molecular complexity index is 779. The predicted molar refractivity (Wildman–Crippen MR) is 97.7 cm³/mol. The maximum absolute atomic E-state index is 12.5. The molecular weight excluding hydrogens is 665 g/mol. The summed E-state index contributed by atoms with van der Waals surface area (Å²) < 4.78 is 276. The third-order valence-electron chi connectivity index (χ3n) is 4.75. The molecule has 42 heavy (non-hydrogen) atoms. The van der Waals surface area contributed by atoms with E-state index in [-0.39, 0.29) is 0 Å². The van der Waals surface area contributed by atoms with E-state index in [4.69, 9.17) is 0 Å². The Morgan fingerprint density at radius 3 is 0.881 bits per heavy atom. The average molecular weight is 686 g/mol. The molecule has 0 amide bonds. The molecule has 0 aliphatic heterocycles. The molecule has 0 atom stereocenters. The van der Waals surface area contributed by atoms with Crippen molar-refractivity contribution in [3.8, 4) is 0 Å². The summed E-state index contributed by atoms with van der Waals surface area (Å²) in [6.07, 6.45) is -24.6. The van der Waals surface area contributed by atoms with Gasteiger partial charge < -0.3 is 0 Å². The van der Waals surface area contributed by atoms with Crippen molar-refractivity contribution in [1.29, 1.82) is 0 Å². The van der Waals surface area contributed by atoms with E-state index in [0.29, 0.717) is 20.8 Å². The van der Waals surface area contributed by atoms with Crippen molar-refractivity contribution in [3.05, 3.63) is 0 Å². The summed E-state index contributed by atoms with van der Waals surface area (Å²) in [4.78, 5) is 0. The zero-order chi connectivity index (χ0) is 35.2. The maximum atomic E-state index is 12.5. The molecule has 0 heterocycles. The molecule has 0 rings (SSSR count). The van der Waals surface area contributed by atoms with Crippen LogP contribution in [-0.4, -0.2) is 66.4 Å². The van der Waals surface area contributed by atoms with Crippen LogP contribution in [0.15, 0.2) is 0 Å². The van der Waals surface area contributed by atoms with Crippen LogP contribution in [0.2, 0.25) is 0 Å². The SMILES string of the molecule is CCC(F)(F)C(F)(F)C(F)(F)C(F)F.CCC(F)(F)C(F)(F)CC(F)(F)C(F)F.CCC(F)(F)C(F)(F)CC(F)(F)F. The van der Waals surface area contributed by atoms with Gasteiger partial charge in [-0.1, -0.05) is 20.8 Å². The summed E-state index contributed by atoms with van der Waals surface area (Å²) in [6, 6.07) is 0. The number of alkyl halides is 23. The molecule has 0 aliphatic carbocycles. The first-order valence-corrected chi connectivity index (χ1v) is 10.6. The van der Waals surface area contributed by atoms with Gasteiger partial charge in [-0.05, 0) is 0 Å². The lowest BCUT2D eigenvalue weighted by atomic mass is 10.0. The summed E-state index contributed by atoms with van der Waals surface area (Å²) in [5, 5.41) is 0. The molecule has 0 aromatic rings. The molecular formula is C19H21F23. The third kappa shape index (κ3) is 11.8. The lowest BCUT2D eigenvalue weighted by Gasteiger charge is -2.31. The smallest absolute Gasteiger partial charge is 0.204 e. The van der Waals surface area contributed by atoms with Crippen molar-refractivity contribution in [3.63, 3.8) is 0 Å². The Morgan fingerprint density at radius 1 is 0.381 bits per heavy atom. The van der Waals surface area contributed by atoms with Gasteiger partial charge in [0.05, 0.1) is 6.42 Å². The Balaban J connectivity index is -0.000000545. The van der Waals surface area contributed by atoms with Crippen molar-refractivity contribution in [2.75, 3.05) is 0 Å². The first-order chi connectivity index (χ1) is 18.0. The van der Waals surface area contributed by atoms with Gasteiger partial charge in [0.2, 0.25) is 0 Å². The molecule has 0 fully saturated rings. The first kappa shape index (κ1) is 44.8. The van der Waals surface area contributed by atoms with E-state index in [2.05, 4.69) is 0 Å². The minimum Gasteiger partial charge on any atom is -0.204 e. The van der Waals surface area contributed by atoms with Crippen LogP contribution in [-0.2, 0) is 0 Å². The van der Waals surface area contributed by atoms with E-state index in [0.717, 1.165) is 0 Å². The first-order valence-electron chi connectivity index (χ1n) is 10.6. The van der Waals surface area contributed by atoms with Crippen molar-refractivity contribution in [2.24, 2.45) is 0 Å². The number of hydrogen-bond acceptors (Lipinski definition) is 0. The van der Waals surface area contributed by atoms with Gasteiger partial charge in [-0.25, -0.2) is 26.3 Å². The molecule has 0 aromatic carbocycles. The van der Waals surface area contributed by atoms with Crippen molar-refractivity contribution >= 4 is 0 Å². The summed E-state index contributed by atoms with van der Waals surface area (Å²) in [5.74, 6) is -41.9. The Hall–Kier alpha value is -1.61. The average Bonchev–Trinajstić information content (AvgIpc) is 2.76. The van der Waals surface area contributed by atoms with Gasteiger partial charge in [0.15, 0.2) is 0 Å². The zero-order valence-corrected chi connectivity index (χ0v) is 20.9. The molecule has 0 bridgehead atoms. The Morgan fingerprint density at radius 2 is 0.667 bits per heavy atom. The molecule has 0 aromatic heterocycles. The molecule has 0 nitrogen and oxygen atoms in total. The largest absolute Gasteiger partial charge is 0.395 e. The molecule has 0 spiro atoms. The fraction of sp³-hybridized carbons (Fsp3) is 1.00. The van der Waals surface area contributed by atoms with Gasteiger partial charge in [0, 0.05) is 19.3 Å². The van der Waals surface area contributed by atoms with Gasteiger partial charge in [-0.3, -0.25) is 0 Å². The van der Waals surface area contributed by atoms with Crippen molar-refractivity contribution < 1.29 is 101 Å². The normalized spacial score (nSPS) is 14.9. The number of halogens is 23. The third-order valence-corrected chi connectivity index (χ3v) is 4.75. The van der Waals surface area contributed by atoms with Crippen LogP contribution < -0.4 is 0 Å². The maximum Gasteiger partial charge on any atom is 0.395 e. The number of hydrogen-bond donors (Lipinski definition) is 0. The van der Waals surface area contributed by atoms with E-state index >= 15 is 0 Å². The molecule has 0 unspecified atom stereocenters. The molecule has 0 N–H and O–H groups in total. The number of rotatable bonds is 12. The molecule has 23 heteroatoms. The van der Waals surface area contributed by atoms with Crippen LogP contribution in [0.1, 0.15) is 52.9 Å². The molecule has 0 radical (unpaired) electrons. The van der Waals surface area contributed by atoms with Gasteiger partial charge in [-0.15, -0.1) is 0 Å². The Labute approximate surface area is 221 Å². The summed E-state index contributed by atoms with van der Waals surface area (Å²) in [7, 11) is 0. The van der Waals surface area contributed by atoms with Crippen LogP contribution in [0.25, 0.3) is 0 Å². The lowest BCUT2D eigenvalue weighted by Crippen LogP contribution is -2.57. The molecule has 0 saturated carbocycles. The van der Waals surface area contributed by atoms with Gasteiger partial charge >= 0.3 is 66.4 Å². The minimum atomic E-state index is -6.05. The predicted octanol–water partition coefficient (Wildman–Crippen LogP) is 11.1. The van der Waals surface area contributed by atoms with Crippen LogP contribution in [0.5, 0.6) is 0 Å². The highest BCUT2D eigenvalue weighted by molar-refractivity contribution is 4.97. The van der Waals surface area contributed by atoms with Gasteiger partial charge in [0.1, 0.15) is 6.42 Å². The van der Waals surface area contributed by atoms with Crippen molar-refractivity contribution in [1.82, 2.24) is 0 Å². The summed E-state index contributed by atoms with van der Waals surface area (Å²) in [6.45, 7) is 1.84. The van der Waals surface area contributed by atoms with E-state index in [9.17, 15) is 101 Å². The van der Waals surface area contributed by atoms with Crippen LogP contribution in [0.4, 0.5) is 101 Å². The minimum absolute atomic E-state index is 0.495. The monoisotopic (exact) mass is 686 g/mol. The van der Waals surface area contributed by atoms with Gasteiger partial charge in [0.25, 0.3) is 0 Å². The highest BCUT2D eigenvalue weighted by atomic mass is 19.4. The summed E-state index contributed by atoms with van der Waals surface area (Å²) in [5.41, 5.74) is 0. The van der Waals surface area contributed by atoms with E-state index in [1.165, 1.54) is 0 Å². The second-order valence-electron chi connectivity index (χ2n) is 8.11. The van der Waals surface area contributed by atoms with E-state index in [1.54, 1.807) is 0 Å². The second kappa shape index (κ2) is 14.4. The lowest BCUT2D eigenvalue weighted by molar-refractivity contribution is -0.338. The fourth-order valence-electron chi connectivity index (χ4n) is 2.00. The topological polar surface area (TPSA) is 0 Å². The standard InChI is InChI=1S/C7H8F8.C6H6F8.C6H7F7/c1-2-6(12,13)7(14,15)3-5(10,11)4(8)9;1-2-4(9,10)6(13,14)5(11,12)3(7)8;1-2-4(7,8)5(9,10)3-6(11,12)13/h4H,2-3H2,1H3;3H,2H2,1H3;2-3H2,1H3. The molecule has 0 saturated heterocycles. The quantitative estimate of drug-likeness (QED) is 0.179. The molecule has 0 aliphatic rings. The second-order valence-corrected chi connectivity index (χ2v) is 8.11. The highest BCUT2D eigenvalue weighted by Crippen LogP contribution is 2.50. The summed E-state index contributed by atoms with van der Waals surface area (Å²) >= 11 is 0. The van der Waals surface area contributed by atoms with Crippen molar-refractivity contribution in [2.45, 2.75) is 119 Å². The highest BCUT2D eigenvalue weighted by Gasteiger charge is 2.74. The van der Waals surface area contributed by atoms with Gasteiger partial charge in [-0.2, -0.15) is 74.6 Å². The zero-order valence-electron chi connectivity index (χ0n) is 20.9. The fourth-order valence-corrected chi connectivity index (χ4v) is 2.00. The van der Waals surface area contributed by atoms with E-state index < -0.39 is 98.5 Å². The Kier molecular flexibility index (Phi) is 15.4. The molecule has 258 valence electrons. The van der Waals surface area contributed by atoms with E-state index in [1.807, 2.05) is 0 Å².